The van der Waals surface area contributed by atoms with Gasteiger partial charge in [0.05, 0.1) is 24.3 Å². The number of rotatable bonds is 27. The molecule has 0 aliphatic heterocycles. The van der Waals surface area contributed by atoms with Crippen molar-refractivity contribution in [3.63, 3.8) is 0 Å². The fraction of sp³-hybridized carbons (Fsp3) is 0.377. The van der Waals surface area contributed by atoms with Crippen molar-refractivity contribution in [1.82, 2.24) is 0 Å². The first-order valence-corrected chi connectivity index (χ1v) is 25.6. The minimum Gasteiger partial charge on any atom is -0.491 e. The summed E-state index contributed by atoms with van der Waals surface area (Å²) < 4.78 is 79.2. The predicted molar refractivity (Wildman–Crippen MR) is 277 cm³/mol. The van der Waals surface area contributed by atoms with Crippen molar-refractivity contribution in [2.45, 2.75) is 137 Å². The van der Waals surface area contributed by atoms with Crippen LogP contribution in [0.3, 0.4) is 0 Å². The molecule has 0 aliphatic carbocycles. The summed E-state index contributed by atoms with van der Waals surface area (Å²) in [7, 11) is 0. The molecule has 0 heterocycles. The highest BCUT2D eigenvalue weighted by Crippen LogP contribution is 2.29. The Hall–Kier alpha value is -6.42. The number of hydrogen-bond donors (Lipinski definition) is 0. The van der Waals surface area contributed by atoms with Crippen molar-refractivity contribution in [3.8, 4) is 45.3 Å². The molecule has 0 aromatic heterocycles. The summed E-state index contributed by atoms with van der Waals surface area (Å²) in [6, 6.07) is 32.1. The van der Waals surface area contributed by atoms with Crippen LogP contribution >= 0.6 is 0 Å². The first-order chi connectivity index (χ1) is 34.5. The van der Waals surface area contributed by atoms with Gasteiger partial charge in [-0.2, -0.15) is 0 Å². The Kier molecular flexibility index (Phi) is 23.7. The molecular weight excluding hydrogens is 905 g/mol. The normalized spacial score (nSPS) is 10.9. The number of unbranched alkanes of at least 4 members (excludes halogenated alkanes) is 12. The van der Waals surface area contributed by atoms with Gasteiger partial charge in [0, 0.05) is 0 Å². The van der Waals surface area contributed by atoms with Crippen molar-refractivity contribution in [2.75, 3.05) is 13.2 Å². The van der Waals surface area contributed by atoms with E-state index in [1.165, 1.54) is 101 Å². The van der Waals surface area contributed by atoms with E-state index < -0.39 is 35.2 Å². The molecule has 71 heavy (non-hydrogen) atoms. The smallest absolute Gasteiger partial charge is 0.343 e. The van der Waals surface area contributed by atoms with Gasteiger partial charge in [0.1, 0.15) is 0 Å². The molecule has 0 saturated carbocycles. The fourth-order valence-electron chi connectivity index (χ4n) is 7.91. The second-order valence-electron chi connectivity index (χ2n) is 17.8. The highest BCUT2D eigenvalue weighted by molar-refractivity contribution is 5.92. The minimum absolute atomic E-state index is 0.0990. The van der Waals surface area contributed by atoms with Crippen molar-refractivity contribution in [1.29, 1.82) is 0 Å². The quantitative estimate of drug-likeness (QED) is 0.0222. The molecule has 0 unspecified atom stereocenters. The molecule has 0 N–H and O–H groups in total. The Bertz CT molecular complexity index is 2560. The van der Waals surface area contributed by atoms with Crippen LogP contribution in [-0.4, -0.2) is 25.2 Å². The van der Waals surface area contributed by atoms with Gasteiger partial charge >= 0.3 is 11.9 Å². The van der Waals surface area contributed by atoms with Gasteiger partial charge in [-0.1, -0.05) is 160 Å². The van der Waals surface area contributed by atoms with Crippen LogP contribution in [0.1, 0.15) is 156 Å². The van der Waals surface area contributed by atoms with Gasteiger partial charge in [0.25, 0.3) is 0 Å². The number of halogens is 4. The number of carbonyl (C=O) groups excluding carboxylic acids is 2. The molecule has 0 atom stereocenters. The standard InChI is InChI=1S/C31H36F2O3.C30H34F2O3/c1-3-5-6-7-8-9-10-20-35-29-19-17-26(22-28(29)33)24-13-15-25(16-14-24)31(34)36-30-18-12-23(11-4-2)21-27(30)32;1-3-5-6-7-8-9-10-19-34-28-18-16-25(21-27(28)32)23-12-14-24(15-13-23)30(33)35-29-17-11-22(4-2)20-26(29)31/h12-19,21-22H,3-11,20H2,1-2H3;11-18,20-21H,3-10,19H2,1-2H3. The van der Waals surface area contributed by atoms with Gasteiger partial charge in [0.2, 0.25) is 0 Å². The zero-order valence-electron chi connectivity index (χ0n) is 41.9. The molecule has 10 heteroatoms. The van der Waals surface area contributed by atoms with Gasteiger partial charge in [-0.25, -0.2) is 27.2 Å². The summed E-state index contributed by atoms with van der Waals surface area (Å²) in [5, 5.41) is 0. The van der Waals surface area contributed by atoms with Crippen LogP contribution in [-0.2, 0) is 12.8 Å². The Morgan fingerprint density at radius 1 is 0.366 bits per heavy atom. The maximum Gasteiger partial charge on any atom is 0.343 e. The maximum atomic E-state index is 14.6. The van der Waals surface area contributed by atoms with E-state index in [4.69, 9.17) is 18.9 Å². The van der Waals surface area contributed by atoms with E-state index in [0.717, 1.165) is 60.8 Å². The molecule has 6 aromatic carbocycles. The molecule has 6 rings (SSSR count). The Morgan fingerprint density at radius 3 is 1.10 bits per heavy atom. The molecule has 6 aromatic rings. The number of aryl methyl sites for hydroxylation is 2. The van der Waals surface area contributed by atoms with Crippen molar-refractivity contribution in [2.24, 2.45) is 0 Å². The van der Waals surface area contributed by atoms with E-state index in [9.17, 15) is 27.2 Å². The summed E-state index contributed by atoms with van der Waals surface area (Å²) in [4.78, 5) is 24.9. The second-order valence-corrected chi connectivity index (χ2v) is 17.8. The zero-order valence-corrected chi connectivity index (χ0v) is 41.9. The van der Waals surface area contributed by atoms with E-state index in [2.05, 4.69) is 13.8 Å². The molecule has 378 valence electrons. The first kappa shape index (κ1) is 55.5. The molecule has 0 fully saturated rings. The lowest BCUT2D eigenvalue weighted by molar-refractivity contribution is 0.0718. The van der Waals surface area contributed by atoms with Crippen LogP contribution in [0.5, 0.6) is 23.0 Å². The number of esters is 2. The molecule has 0 radical (unpaired) electrons. The maximum absolute atomic E-state index is 14.6. The molecule has 0 saturated heterocycles. The van der Waals surface area contributed by atoms with E-state index >= 15 is 0 Å². The number of benzene rings is 6. The SMILES string of the molecule is CCCCCCCCCOc1ccc(-c2ccc(C(=O)Oc3ccc(CC)cc3F)cc2)cc1F.CCCCCCCCCOc1ccc(-c2ccc(C(=O)Oc3ccc(CCC)cc3F)cc2)cc1F. The molecule has 0 amide bonds. The Labute approximate surface area is 418 Å². The molecule has 0 spiro atoms. The van der Waals surface area contributed by atoms with Gasteiger partial charge < -0.3 is 18.9 Å². The van der Waals surface area contributed by atoms with Gasteiger partial charge in [-0.3, -0.25) is 0 Å². The number of ether oxygens (including phenoxy) is 4. The number of carbonyl (C=O) groups is 2. The Morgan fingerprint density at radius 2 is 0.718 bits per heavy atom. The summed E-state index contributed by atoms with van der Waals surface area (Å²) >= 11 is 0. The third kappa shape index (κ3) is 18.4. The molecule has 0 aliphatic rings. The average Bonchev–Trinajstić information content (AvgIpc) is 3.38. The summed E-state index contributed by atoms with van der Waals surface area (Å²) in [6.07, 6.45) is 18.9. The lowest BCUT2D eigenvalue weighted by atomic mass is 10.0. The largest absolute Gasteiger partial charge is 0.491 e. The van der Waals surface area contributed by atoms with E-state index in [1.54, 1.807) is 84.9 Å². The monoisotopic (exact) mass is 975 g/mol. The Balaban J connectivity index is 0.000000264. The van der Waals surface area contributed by atoms with Gasteiger partial charge in [0.15, 0.2) is 46.3 Å². The van der Waals surface area contributed by atoms with Crippen molar-refractivity contribution < 1.29 is 46.1 Å². The molecular formula is C61H70F4O6. The lowest BCUT2D eigenvalue weighted by Gasteiger charge is -2.10. The van der Waals surface area contributed by atoms with E-state index in [-0.39, 0.29) is 34.1 Å². The van der Waals surface area contributed by atoms with E-state index in [1.807, 2.05) is 13.8 Å². The van der Waals surface area contributed by atoms with E-state index in [0.29, 0.717) is 30.8 Å². The molecule has 6 nitrogen and oxygen atoms in total. The van der Waals surface area contributed by atoms with Crippen LogP contribution in [0.4, 0.5) is 17.6 Å². The van der Waals surface area contributed by atoms with Crippen LogP contribution < -0.4 is 18.9 Å². The number of hydrogen-bond acceptors (Lipinski definition) is 6. The second kappa shape index (κ2) is 30.3. The topological polar surface area (TPSA) is 71.1 Å². The fourth-order valence-corrected chi connectivity index (χ4v) is 7.91. The lowest BCUT2D eigenvalue weighted by Crippen LogP contribution is -2.09. The molecule has 0 bridgehead atoms. The third-order valence-electron chi connectivity index (χ3n) is 12.1. The highest BCUT2D eigenvalue weighted by atomic mass is 19.1. The van der Waals surface area contributed by atoms with Crippen LogP contribution in [0, 0.1) is 23.3 Å². The van der Waals surface area contributed by atoms with Crippen LogP contribution in [0.15, 0.2) is 121 Å². The van der Waals surface area contributed by atoms with Crippen molar-refractivity contribution in [3.05, 3.63) is 167 Å². The van der Waals surface area contributed by atoms with Crippen LogP contribution in [0.2, 0.25) is 0 Å². The third-order valence-corrected chi connectivity index (χ3v) is 12.1. The highest BCUT2D eigenvalue weighted by Gasteiger charge is 2.16. The van der Waals surface area contributed by atoms with Crippen molar-refractivity contribution >= 4 is 11.9 Å². The van der Waals surface area contributed by atoms with Crippen LogP contribution in [0.25, 0.3) is 22.3 Å². The predicted octanol–water partition coefficient (Wildman–Crippen LogP) is 17.5. The first-order valence-electron chi connectivity index (χ1n) is 25.6. The zero-order chi connectivity index (χ0) is 50.8. The van der Waals surface area contributed by atoms with Gasteiger partial charge in [-0.15, -0.1) is 0 Å². The summed E-state index contributed by atoms with van der Waals surface area (Å²) in [5.74, 6) is -2.98. The summed E-state index contributed by atoms with van der Waals surface area (Å²) in [6.45, 7) is 9.36. The average molecular weight is 975 g/mol. The van der Waals surface area contributed by atoms with Gasteiger partial charge in [-0.05, 0) is 132 Å². The minimum atomic E-state index is -0.653. The summed E-state index contributed by atoms with van der Waals surface area (Å²) in [5.41, 5.74) is 5.10.